The Morgan fingerprint density at radius 2 is 1.71 bits per heavy atom. The van der Waals surface area contributed by atoms with Gasteiger partial charge in [0.1, 0.15) is 5.82 Å². The quantitative estimate of drug-likeness (QED) is 0.488. The topological polar surface area (TPSA) is 105 Å². The van der Waals surface area contributed by atoms with Crippen LogP contribution in [0.15, 0.2) is 47.6 Å². The summed E-state index contributed by atoms with van der Waals surface area (Å²) < 4.78 is 31.1. The van der Waals surface area contributed by atoms with E-state index in [9.17, 15) is 8.42 Å². The summed E-state index contributed by atoms with van der Waals surface area (Å²) in [5, 5.41) is 9.47. The zero-order chi connectivity index (χ0) is 21.3. The number of hydrogen-bond acceptors (Lipinski definition) is 5. The molecule has 160 valence electrons. The number of halogens is 1. The molecule has 3 aliphatic rings. The monoisotopic (exact) mass is 456 g/mol. The van der Waals surface area contributed by atoms with Gasteiger partial charge in [0.25, 0.3) is 0 Å². The number of aromatic amines is 1. The highest BCUT2D eigenvalue weighted by Gasteiger charge is 2.53. The standard InChI is InChI=1S/C21H21ClN6O2S/c22-14-1-3-15(4-2-14)31(29,30)27-21-9-6-20(7-10-21,8-11-21)19-26-25-17-13-24-18-16(28(17)19)5-12-23-18/h1-5,12-13,23,27H,6-11H2. The van der Waals surface area contributed by atoms with E-state index in [0.717, 1.165) is 61.2 Å². The van der Waals surface area contributed by atoms with Crippen molar-refractivity contribution in [2.75, 3.05) is 0 Å². The molecule has 3 saturated carbocycles. The number of fused-ring (bicyclic) bond motifs is 6. The average Bonchev–Trinajstić information content (AvgIpc) is 3.41. The number of rotatable bonds is 4. The summed E-state index contributed by atoms with van der Waals surface area (Å²) >= 11 is 5.92. The molecule has 3 fully saturated rings. The van der Waals surface area contributed by atoms with E-state index in [-0.39, 0.29) is 10.3 Å². The third-order valence-electron chi connectivity index (χ3n) is 7.14. The Labute approximate surface area is 184 Å². The highest BCUT2D eigenvalue weighted by molar-refractivity contribution is 7.89. The first kappa shape index (κ1) is 19.2. The van der Waals surface area contributed by atoms with Crippen LogP contribution in [-0.2, 0) is 15.4 Å². The normalized spacial score (nSPS) is 26.1. The highest BCUT2D eigenvalue weighted by Crippen LogP contribution is 2.53. The lowest BCUT2D eigenvalue weighted by molar-refractivity contribution is 0.0882. The van der Waals surface area contributed by atoms with Crippen LogP contribution in [0.3, 0.4) is 0 Å². The highest BCUT2D eigenvalue weighted by atomic mass is 35.5. The molecule has 4 aromatic rings. The SMILES string of the molecule is O=S(=O)(NC12CCC(c3nnc4cnc5[nH]ccc5n34)(CC1)CC2)c1ccc(Cl)cc1. The van der Waals surface area contributed by atoms with Gasteiger partial charge in [0.2, 0.25) is 10.0 Å². The summed E-state index contributed by atoms with van der Waals surface area (Å²) in [5.41, 5.74) is 2.01. The molecule has 0 radical (unpaired) electrons. The van der Waals surface area contributed by atoms with Gasteiger partial charge < -0.3 is 4.98 Å². The summed E-state index contributed by atoms with van der Waals surface area (Å²) in [7, 11) is -3.61. The van der Waals surface area contributed by atoms with Crippen molar-refractivity contribution in [3.63, 3.8) is 0 Å². The minimum atomic E-state index is -3.61. The summed E-state index contributed by atoms with van der Waals surface area (Å²) in [5.74, 6) is 0.961. The molecule has 0 atom stereocenters. The molecule has 7 rings (SSSR count). The van der Waals surface area contributed by atoms with Crippen LogP contribution in [0.25, 0.3) is 16.8 Å². The molecule has 0 spiro atoms. The predicted molar refractivity (Wildman–Crippen MR) is 117 cm³/mol. The van der Waals surface area contributed by atoms with Crippen LogP contribution in [0.2, 0.25) is 5.02 Å². The van der Waals surface area contributed by atoms with E-state index >= 15 is 0 Å². The largest absolute Gasteiger partial charge is 0.345 e. The van der Waals surface area contributed by atoms with Gasteiger partial charge in [-0.2, -0.15) is 0 Å². The van der Waals surface area contributed by atoms with Gasteiger partial charge in [-0.1, -0.05) is 11.6 Å². The third-order valence-corrected chi connectivity index (χ3v) is 8.98. The van der Waals surface area contributed by atoms with Gasteiger partial charge in [0.05, 0.1) is 16.6 Å². The Morgan fingerprint density at radius 3 is 2.42 bits per heavy atom. The first-order valence-electron chi connectivity index (χ1n) is 10.4. The third kappa shape index (κ3) is 2.90. The molecular formula is C21H21ClN6O2S. The second-order valence-electron chi connectivity index (χ2n) is 8.81. The number of hydrogen-bond donors (Lipinski definition) is 2. The van der Waals surface area contributed by atoms with Crippen molar-refractivity contribution in [2.24, 2.45) is 0 Å². The molecule has 0 aliphatic heterocycles. The zero-order valence-corrected chi connectivity index (χ0v) is 18.2. The van der Waals surface area contributed by atoms with Gasteiger partial charge in [-0.05, 0) is 68.9 Å². The Kier molecular flexibility index (Phi) is 4.03. The molecule has 31 heavy (non-hydrogen) atoms. The Hall–Kier alpha value is -2.49. The average molecular weight is 457 g/mol. The lowest BCUT2D eigenvalue weighted by Crippen LogP contribution is -2.58. The zero-order valence-electron chi connectivity index (χ0n) is 16.7. The summed E-state index contributed by atoms with van der Waals surface area (Å²) in [6, 6.07) is 8.31. The van der Waals surface area contributed by atoms with E-state index in [0.29, 0.717) is 5.02 Å². The second kappa shape index (κ2) is 6.51. The molecule has 0 unspecified atom stereocenters. The van der Waals surface area contributed by atoms with E-state index in [1.807, 2.05) is 12.3 Å². The maximum absolute atomic E-state index is 13.0. The molecule has 2 bridgehead atoms. The molecule has 2 N–H and O–H groups in total. The van der Waals surface area contributed by atoms with Crippen molar-refractivity contribution in [3.05, 3.63) is 53.6 Å². The fourth-order valence-corrected chi connectivity index (χ4v) is 6.97. The van der Waals surface area contributed by atoms with Crippen LogP contribution in [0, 0.1) is 0 Å². The number of nitrogens with one attached hydrogen (secondary N) is 2. The van der Waals surface area contributed by atoms with Crippen molar-refractivity contribution in [1.29, 1.82) is 0 Å². The van der Waals surface area contributed by atoms with E-state index in [2.05, 4.69) is 29.3 Å². The number of benzene rings is 1. The summed E-state index contributed by atoms with van der Waals surface area (Å²) in [6.45, 7) is 0. The first-order valence-corrected chi connectivity index (χ1v) is 12.2. The minimum absolute atomic E-state index is 0.0988. The van der Waals surface area contributed by atoms with Gasteiger partial charge in [0.15, 0.2) is 11.3 Å². The first-order chi connectivity index (χ1) is 14.9. The minimum Gasteiger partial charge on any atom is -0.345 e. The number of aromatic nitrogens is 5. The molecule has 3 aliphatic carbocycles. The molecule has 8 nitrogen and oxygen atoms in total. The maximum Gasteiger partial charge on any atom is 0.241 e. The van der Waals surface area contributed by atoms with Crippen LogP contribution in [0.1, 0.15) is 44.3 Å². The van der Waals surface area contributed by atoms with Crippen LogP contribution in [0.5, 0.6) is 0 Å². The maximum atomic E-state index is 13.0. The number of H-pyrrole nitrogens is 1. The van der Waals surface area contributed by atoms with E-state index in [4.69, 9.17) is 11.6 Å². The Morgan fingerprint density at radius 1 is 1.00 bits per heavy atom. The molecular weight excluding hydrogens is 436 g/mol. The van der Waals surface area contributed by atoms with Gasteiger partial charge in [-0.3, -0.25) is 4.40 Å². The van der Waals surface area contributed by atoms with Crippen molar-refractivity contribution >= 4 is 38.4 Å². The molecule has 3 heterocycles. The van der Waals surface area contributed by atoms with Crippen LogP contribution >= 0.6 is 11.6 Å². The molecule has 0 saturated heterocycles. The summed E-state index contributed by atoms with van der Waals surface area (Å²) in [4.78, 5) is 7.81. The van der Waals surface area contributed by atoms with Crippen LogP contribution in [0.4, 0.5) is 0 Å². The molecule has 10 heteroatoms. The Bertz CT molecular complexity index is 1380. The van der Waals surface area contributed by atoms with Gasteiger partial charge in [-0.25, -0.2) is 18.1 Å². The number of sulfonamides is 1. The van der Waals surface area contributed by atoms with Crippen molar-refractivity contribution < 1.29 is 8.42 Å². The van der Waals surface area contributed by atoms with Gasteiger partial charge in [0, 0.05) is 22.2 Å². The van der Waals surface area contributed by atoms with Crippen molar-refractivity contribution in [1.82, 2.24) is 29.3 Å². The molecule has 3 aromatic heterocycles. The predicted octanol–water partition coefficient (Wildman–Crippen LogP) is 3.58. The molecule has 1 aromatic carbocycles. The van der Waals surface area contributed by atoms with E-state index in [1.165, 1.54) is 0 Å². The second-order valence-corrected chi connectivity index (χ2v) is 10.9. The van der Waals surface area contributed by atoms with Crippen molar-refractivity contribution in [2.45, 2.75) is 54.4 Å². The lowest BCUT2D eigenvalue weighted by Gasteiger charge is -2.52. The Balaban J connectivity index is 1.31. The van der Waals surface area contributed by atoms with Gasteiger partial charge >= 0.3 is 0 Å². The van der Waals surface area contributed by atoms with Crippen LogP contribution < -0.4 is 4.72 Å². The van der Waals surface area contributed by atoms with Crippen molar-refractivity contribution in [3.8, 4) is 0 Å². The molecule has 0 amide bonds. The number of nitrogens with zero attached hydrogens (tertiary/aromatic N) is 4. The fraction of sp³-hybridized carbons (Fsp3) is 0.381. The van der Waals surface area contributed by atoms with Gasteiger partial charge in [-0.15, -0.1) is 10.2 Å². The van der Waals surface area contributed by atoms with E-state index in [1.54, 1.807) is 30.5 Å². The smallest absolute Gasteiger partial charge is 0.241 e. The summed E-state index contributed by atoms with van der Waals surface area (Å²) in [6.07, 6.45) is 8.53. The fourth-order valence-electron chi connectivity index (χ4n) is 5.35. The van der Waals surface area contributed by atoms with Crippen LogP contribution in [-0.4, -0.2) is 38.5 Å². The van der Waals surface area contributed by atoms with E-state index < -0.39 is 15.6 Å². The lowest BCUT2D eigenvalue weighted by atomic mass is 9.57.